The van der Waals surface area contributed by atoms with Gasteiger partial charge in [-0.1, -0.05) is 52.9 Å². The Morgan fingerprint density at radius 2 is 1.83 bits per heavy atom. The van der Waals surface area contributed by atoms with E-state index < -0.39 is 11.4 Å². The van der Waals surface area contributed by atoms with Crippen LogP contribution in [0.1, 0.15) is 42.1 Å². The smallest absolute Gasteiger partial charge is 0.324 e. The van der Waals surface area contributed by atoms with E-state index in [2.05, 4.69) is 48.9 Å². The summed E-state index contributed by atoms with van der Waals surface area (Å²) in [5.41, 5.74) is 5.22. The Bertz CT molecular complexity index is 2160. The molecule has 0 spiro atoms. The summed E-state index contributed by atoms with van der Waals surface area (Å²) in [4.78, 5) is 22.1. The number of hydrogen-bond donors (Lipinski definition) is 3. The highest BCUT2D eigenvalue weighted by atomic mass is 35.5. The minimum absolute atomic E-state index is 0.0960. The molecule has 0 saturated heterocycles. The van der Waals surface area contributed by atoms with Crippen LogP contribution in [0.3, 0.4) is 0 Å². The molecule has 3 aromatic carbocycles. The zero-order chi connectivity index (χ0) is 33.3. The van der Waals surface area contributed by atoms with Gasteiger partial charge in [0.1, 0.15) is 22.4 Å². The van der Waals surface area contributed by atoms with Gasteiger partial charge in [-0.25, -0.2) is 14.5 Å². The number of terminal acetylenes is 1. The highest BCUT2D eigenvalue weighted by Gasteiger charge is 2.24. The fourth-order valence-electron chi connectivity index (χ4n) is 4.94. The van der Waals surface area contributed by atoms with E-state index in [1.54, 1.807) is 41.3 Å². The van der Waals surface area contributed by atoms with E-state index in [0.717, 1.165) is 33.3 Å². The van der Waals surface area contributed by atoms with Crippen LogP contribution in [0.25, 0.3) is 16.6 Å². The fourth-order valence-corrected chi connectivity index (χ4v) is 5.35. The Hall–Kier alpha value is -5.37. The maximum atomic E-state index is 13.2. The van der Waals surface area contributed by atoms with Crippen LogP contribution < -0.4 is 15.4 Å². The second-order valence-corrected chi connectivity index (χ2v) is 12.3. The first-order valence-electron chi connectivity index (χ1n) is 14.6. The highest BCUT2D eigenvalue weighted by molar-refractivity contribution is 6.45. The lowest BCUT2D eigenvalue weighted by atomic mass is 9.91. The SMILES string of the molecule is C#CC(C)(C)c1cc(NC(=O)Nc2ccc(Oc3ccnc(Cc4cc(C)c5[nH]ncc5c4)n3)c(Cl)c2Cl)n(-c2ccc(C)cc2)n1. The number of nitrogens with zero attached hydrogens (tertiary/aromatic N) is 5. The monoisotopic (exact) mass is 664 g/mol. The molecule has 0 saturated carbocycles. The molecule has 0 radical (unpaired) electrons. The molecule has 10 nitrogen and oxygen atoms in total. The summed E-state index contributed by atoms with van der Waals surface area (Å²) in [6, 6.07) is 17.9. The summed E-state index contributed by atoms with van der Waals surface area (Å²) in [5.74, 6) is 4.30. The number of benzene rings is 3. The van der Waals surface area contributed by atoms with Gasteiger partial charge in [0.25, 0.3) is 0 Å². The molecule has 0 aliphatic rings. The normalized spacial score (nSPS) is 11.3. The van der Waals surface area contributed by atoms with E-state index in [-0.39, 0.29) is 21.5 Å². The van der Waals surface area contributed by atoms with E-state index in [9.17, 15) is 4.79 Å². The van der Waals surface area contributed by atoms with Crippen LogP contribution in [0.4, 0.5) is 16.3 Å². The van der Waals surface area contributed by atoms with Gasteiger partial charge in [-0.05, 0) is 69.2 Å². The van der Waals surface area contributed by atoms with Crippen molar-refractivity contribution in [1.82, 2.24) is 29.9 Å². The van der Waals surface area contributed by atoms with Crippen LogP contribution in [0.5, 0.6) is 11.6 Å². The lowest BCUT2D eigenvalue weighted by molar-refractivity contribution is 0.262. The molecule has 236 valence electrons. The number of H-pyrrole nitrogens is 1. The van der Waals surface area contributed by atoms with Crippen LogP contribution in [0, 0.1) is 26.2 Å². The maximum absolute atomic E-state index is 13.2. The zero-order valence-electron chi connectivity index (χ0n) is 26.0. The third-order valence-electron chi connectivity index (χ3n) is 7.59. The van der Waals surface area contributed by atoms with Crippen molar-refractivity contribution < 1.29 is 9.53 Å². The van der Waals surface area contributed by atoms with E-state index in [4.69, 9.17) is 39.5 Å². The number of aryl methyl sites for hydroxylation is 2. The Balaban J connectivity index is 1.17. The maximum Gasteiger partial charge on any atom is 0.324 e. The van der Waals surface area contributed by atoms with Gasteiger partial charge in [0.05, 0.1) is 39.2 Å². The molecule has 0 unspecified atom stereocenters. The number of ether oxygens (including phenoxy) is 1. The molecule has 0 fully saturated rings. The lowest BCUT2D eigenvalue weighted by Gasteiger charge is -2.14. The summed E-state index contributed by atoms with van der Waals surface area (Å²) in [6.45, 7) is 7.79. The quantitative estimate of drug-likeness (QED) is 0.140. The first-order chi connectivity index (χ1) is 22.5. The van der Waals surface area contributed by atoms with Gasteiger partial charge in [-0.15, -0.1) is 6.42 Å². The van der Waals surface area contributed by atoms with Crippen molar-refractivity contribution in [1.29, 1.82) is 0 Å². The molecule has 3 N–H and O–H groups in total. The summed E-state index contributed by atoms with van der Waals surface area (Å²) in [7, 11) is 0. The van der Waals surface area contributed by atoms with Crippen LogP contribution >= 0.6 is 23.2 Å². The zero-order valence-corrected chi connectivity index (χ0v) is 27.5. The largest absolute Gasteiger partial charge is 0.437 e. The molecule has 2 amide bonds. The van der Waals surface area contributed by atoms with Gasteiger partial charge in [-0.2, -0.15) is 15.2 Å². The van der Waals surface area contributed by atoms with Crippen molar-refractivity contribution in [2.75, 3.05) is 10.6 Å². The molecule has 0 aliphatic carbocycles. The molecule has 47 heavy (non-hydrogen) atoms. The van der Waals surface area contributed by atoms with Gasteiger partial charge in [0, 0.05) is 30.1 Å². The van der Waals surface area contributed by atoms with Gasteiger partial charge in [0.2, 0.25) is 5.88 Å². The molecule has 12 heteroatoms. The first kappa shape index (κ1) is 31.6. The molecular weight excluding hydrogens is 635 g/mol. The third kappa shape index (κ3) is 6.77. The Morgan fingerprint density at radius 3 is 2.60 bits per heavy atom. The predicted octanol–water partition coefficient (Wildman–Crippen LogP) is 8.40. The molecule has 3 heterocycles. The number of aromatic amines is 1. The van der Waals surface area contributed by atoms with Crippen molar-refractivity contribution in [2.45, 2.75) is 39.5 Å². The number of rotatable bonds is 8. The topological polar surface area (TPSA) is 123 Å². The fraction of sp³-hybridized carbons (Fsp3) is 0.171. The van der Waals surface area contributed by atoms with E-state index in [0.29, 0.717) is 29.6 Å². The van der Waals surface area contributed by atoms with Crippen LogP contribution in [0.2, 0.25) is 10.0 Å². The number of hydrogen-bond acceptors (Lipinski definition) is 6. The number of anilines is 2. The van der Waals surface area contributed by atoms with Gasteiger partial charge in [-0.3, -0.25) is 10.4 Å². The average molecular weight is 666 g/mol. The van der Waals surface area contributed by atoms with Crippen LogP contribution in [-0.4, -0.2) is 36.0 Å². The molecule has 0 atom stereocenters. The number of halogens is 2. The molecule has 3 aromatic heterocycles. The summed E-state index contributed by atoms with van der Waals surface area (Å²) < 4.78 is 7.62. The molecule has 0 bridgehead atoms. The van der Waals surface area contributed by atoms with E-state index in [1.807, 2.05) is 52.0 Å². The number of nitrogens with one attached hydrogen (secondary N) is 3. The summed E-state index contributed by atoms with van der Waals surface area (Å²) in [5, 5.41) is 18.7. The lowest BCUT2D eigenvalue weighted by Crippen LogP contribution is -2.21. The van der Waals surface area contributed by atoms with Crippen LogP contribution in [-0.2, 0) is 11.8 Å². The summed E-state index contributed by atoms with van der Waals surface area (Å²) in [6.07, 6.45) is 9.67. The second kappa shape index (κ2) is 12.8. The third-order valence-corrected chi connectivity index (χ3v) is 8.45. The van der Waals surface area contributed by atoms with E-state index >= 15 is 0 Å². The molecular formula is C35H30Cl2N8O2. The molecule has 6 rings (SSSR count). The van der Waals surface area contributed by atoms with Crippen LogP contribution in [0.15, 0.2) is 73.1 Å². The first-order valence-corrected chi connectivity index (χ1v) is 15.4. The van der Waals surface area contributed by atoms with Crippen molar-refractivity contribution in [3.05, 3.63) is 111 Å². The Labute approximate surface area is 281 Å². The van der Waals surface area contributed by atoms with Crippen molar-refractivity contribution >= 4 is 51.6 Å². The van der Waals surface area contributed by atoms with E-state index in [1.165, 1.54) is 0 Å². The predicted molar refractivity (Wildman–Crippen MR) is 185 cm³/mol. The Morgan fingerprint density at radius 1 is 1.04 bits per heavy atom. The number of amides is 2. The number of urea groups is 1. The second-order valence-electron chi connectivity index (χ2n) is 11.6. The summed E-state index contributed by atoms with van der Waals surface area (Å²) >= 11 is 13.2. The molecule has 6 aromatic rings. The minimum Gasteiger partial charge on any atom is -0.437 e. The number of carbonyl (C=O) groups excluding carboxylic acids is 1. The Kier molecular flexibility index (Phi) is 8.60. The number of carbonyl (C=O) groups is 1. The average Bonchev–Trinajstić information content (AvgIpc) is 3.70. The van der Waals surface area contributed by atoms with Gasteiger partial charge >= 0.3 is 6.03 Å². The molecule has 0 aliphatic heterocycles. The number of aromatic nitrogens is 6. The standard InChI is InChI=1S/C35H30Cl2N8O2/c1-6-35(4,5)27-18-29(45(44-27)24-9-7-20(2)8-10-24)42-34(46)40-25-11-12-26(32(37)31(25)36)47-30-13-14-38-28(41-30)17-22-15-21(3)33-23(16-22)19-39-43-33/h1,7-16,18-19H,17H2,2-5H3,(H,39,43)(H2,40,42,46). The van der Waals surface area contributed by atoms with Crippen molar-refractivity contribution in [2.24, 2.45) is 0 Å². The number of fused-ring (bicyclic) bond motifs is 1. The van der Waals surface area contributed by atoms with Gasteiger partial charge in [0.15, 0.2) is 0 Å². The highest BCUT2D eigenvalue weighted by Crippen LogP contribution is 2.39. The van der Waals surface area contributed by atoms with Crippen molar-refractivity contribution in [3.63, 3.8) is 0 Å². The minimum atomic E-state index is -0.659. The van der Waals surface area contributed by atoms with Gasteiger partial charge < -0.3 is 10.1 Å². The van der Waals surface area contributed by atoms with Crippen molar-refractivity contribution in [3.8, 4) is 29.7 Å².